The standard InChI is InChI=1S/C20H24N2O4/c1-4-24-15-7-5-14(6-8-15)21-20-17-13(9-10-22(20)2)11-16-18(19(17)23-3)26-12-25-16/h5-8,11,20-21H,4,9-10,12H2,1-3H3. The number of rotatable bonds is 5. The second kappa shape index (κ2) is 6.96. The van der Waals surface area contributed by atoms with Crippen molar-refractivity contribution in [1.29, 1.82) is 0 Å². The number of nitrogens with one attached hydrogen (secondary N) is 1. The van der Waals surface area contributed by atoms with Crippen LogP contribution in [0.4, 0.5) is 5.69 Å². The van der Waals surface area contributed by atoms with Crippen LogP contribution >= 0.6 is 0 Å². The van der Waals surface area contributed by atoms with E-state index < -0.39 is 0 Å². The minimum Gasteiger partial charge on any atom is -0.494 e. The molecule has 2 heterocycles. The van der Waals surface area contributed by atoms with Crippen molar-refractivity contribution in [3.63, 3.8) is 0 Å². The Hall–Kier alpha value is -2.60. The average molecular weight is 356 g/mol. The molecule has 0 radical (unpaired) electrons. The van der Waals surface area contributed by atoms with Gasteiger partial charge in [0.2, 0.25) is 12.5 Å². The maximum Gasteiger partial charge on any atom is 0.231 e. The number of benzene rings is 2. The SMILES string of the molecule is CCOc1ccc(NC2c3c(cc4c(c3OC)OCO4)CCN2C)cc1. The van der Waals surface area contributed by atoms with Gasteiger partial charge in [-0.15, -0.1) is 0 Å². The largest absolute Gasteiger partial charge is 0.494 e. The number of nitrogens with zero attached hydrogens (tertiary/aromatic N) is 1. The summed E-state index contributed by atoms with van der Waals surface area (Å²) in [6.07, 6.45) is 0.932. The van der Waals surface area contributed by atoms with Crippen LogP contribution < -0.4 is 24.3 Å². The van der Waals surface area contributed by atoms with Crippen molar-refractivity contribution >= 4 is 5.69 Å². The molecule has 1 unspecified atom stereocenters. The van der Waals surface area contributed by atoms with Gasteiger partial charge >= 0.3 is 0 Å². The summed E-state index contributed by atoms with van der Waals surface area (Å²) < 4.78 is 22.5. The van der Waals surface area contributed by atoms with E-state index in [0.29, 0.717) is 12.4 Å². The fourth-order valence-electron chi connectivity index (χ4n) is 3.59. The monoisotopic (exact) mass is 356 g/mol. The molecule has 26 heavy (non-hydrogen) atoms. The van der Waals surface area contributed by atoms with Crippen molar-refractivity contribution < 1.29 is 18.9 Å². The van der Waals surface area contributed by atoms with Crippen LogP contribution in [0.1, 0.15) is 24.2 Å². The van der Waals surface area contributed by atoms with Crippen molar-refractivity contribution in [2.24, 2.45) is 0 Å². The smallest absolute Gasteiger partial charge is 0.231 e. The zero-order valence-electron chi connectivity index (χ0n) is 15.4. The Morgan fingerprint density at radius 1 is 1.23 bits per heavy atom. The van der Waals surface area contributed by atoms with E-state index in [4.69, 9.17) is 18.9 Å². The first-order valence-electron chi connectivity index (χ1n) is 8.90. The highest BCUT2D eigenvalue weighted by molar-refractivity contribution is 5.63. The topological polar surface area (TPSA) is 52.2 Å². The van der Waals surface area contributed by atoms with Crippen LogP contribution in [0.3, 0.4) is 0 Å². The van der Waals surface area contributed by atoms with E-state index in [0.717, 1.165) is 41.5 Å². The van der Waals surface area contributed by atoms with Gasteiger partial charge in [0.15, 0.2) is 11.5 Å². The lowest BCUT2D eigenvalue weighted by atomic mass is 9.94. The van der Waals surface area contributed by atoms with Gasteiger partial charge in [0, 0.05) is 17.8 Å². The molecule has 0 spiro atoms. The Kier molecular flexibility index (Phi) is 4.51. The number of ether oxygens (including phenoxy) is 4. The average Bonchev–Trinajstić information content (AvgIpc) is 3.12. The van der Waals surface area contributed by atoms with E-state index in [1.807, 2.05) is 31.2 Å². The van der Waals surface area contributed by atoms with E-state index in [2.05, 4.69) is 23.3 Å². The summed E-state index contributed by atoms with van der Waals surface area (Å²) in [4.78, 5) is 2.28. The Labute approximate surface area is 153 Å². The molecule has 2 aliphatic heterocycles. The summed E-state index contributed by atoms with van der Waals surface area (Å²) in [7, 11) is 3.79. The summed E-state index contributed by atoms with van der Waals surface area (Å²) in [6, 6.07) is 10.1. The van der Waals surface area contributed by atoms with Crippen LogP contribution in [0.5, 0.6) is 23.0 Å². The third-order valence-corrected chi connectivity index (χ3v) is 4.86. The van der Waals surface area contributed by atoms with Crippen molar-refractivity contribution in [3.8, 4) is 23.0 Å². The predicted molar refractivity (Wildman–Crippen MR) is 99.4 cm³/mol. The van der Waals surface area contributed by atoms with Crippen molar-refractivity contribution in [2.75, 3.05) is 39.4 Å². The van der Waals surface area contributed by atoms with Crippen molar-refractivity contribution in [2.45, 2.75) is 19.5 Å². The zero-order valence-corrected chi connectivity index (χ0v) is 15.4. The fraction of sp³-hybridized carbons (Fsp3) is 0.400. The maximum atomic E-state index is 5.73. The summed E-state index contributed by atoms with van der Waals surface area (Å²) >= 11 is 0. The number of hydrogen-bond donors (Lipinski definition) is 1. The zero-order chi connectivity index (χ0) is 18.1. The van der Waals surface area contributed by atoms with Gasteiger partial charge < -0.3 is 24.3 Å². The molecular weight excluding hydrogens is 332 g/mol. The van der Waals surface area contributed by atoms with E-state index >= 15 is 0 Å². The molecule has 2 aliphatic rings. The number of likely N-dealkylation sites (N-methyl/N-ethyl adjacent to an activating group) is 1. The number of methoxy groups -OCH3 is 1. The Balaban J connectivity index is 1.69. The molecule has 0 fully saturated rings. The molecule has 1 atom stereocenters. The number of fused-ring (bicyclic) bond motifs is 2. The molecule has 6 nitrogen and oxygen atoms in total. The first kappa shape index (κ1) is 16.8. The molecule has 0 saturated carbocycles. The van der Waals surface area contributed by atoms with Crippen LogP contribution in [0, 0.1) is 0 Å². The molecule has 0 aliphatic carbocycles. The van der Waals surface area contributed by atoms with Crippen LogP contribution in [0.25, 0.3) is 0 Å². The molecular formula is C20H24N2O4. The Morgan fingerprint density at radius 2 is 2.04 bits per heavy atom. The van der Waals surface area contributed by atoms with Crippen molar-refractivity contribution in [3.05, 3.63) is 41.5 Å². The summed E-state index contributed by atoms with van der Waals surface area (Å²) in [6.45, 7) is 3.83. The van der Waals surface area contributed by atoms with Gasteiger partial charge in [0.1, 0.15) is 11.9 Å². The van der Waals surface area contributed by atoms with Gasteiger partial charge in [0.25, 0.3) is 0 Å². The third-order valence-electron chi connectivity index (χ3n) is 4.86. The first-order valence-corrected chi connectivity index (χ1v) is 8.90. The molecule has 0 amide bonds. The number of anilines is 1. The molecule has 0 saturated heterocycles. The third kappa shape index (κ3) is 2.90. The summed E-state index contributed by atoms with van der Waals surface area (Å²) in [5.41, 5.74) is 3.37. The van der Waals surface area contributed by atoms with Gasteiger partial charge in [-0.05, 0) is 56.3 Å². The van der Waals surface area contributed by atoms with E-state index in [1.54, 1.807) is 7.11 Å². The lowest BCUT2D eigenvalue weighted by molar-refractivity contribution is 0.170. The second-order valence-electron chi connectivity index (χ2n) is 6.45. The second-order valence-corrected chi connectivity index (χ2v) is 6.45. The van der Waals surface area contributed by atoms with Crippen LogP contribution in [-0.2, 0) is 6.42 Å². The van der Waals surface area contributed by atoms with Gasteiger partial charge in [0.05, 0.1) is 13.7 Å². The lowest BCUT2D eigenvalue weighted by Crippen LogP contribution is -2.37. The van der Waals surface area contributed by atoms with E-state index in [-0.39, 0.29) is 13.0 Å². The number of hydrogen-bond acceptors (Lipinski definition) is 6. The van der Waals surface area contributed by atoms with Crippen LogP contribution in [-0.4, -0.2) is 39.0 Å². The minimum absolute atomic E-state index is 0.0128. The maximum absolute atomic E-state index is 5.73. The highest BCUT2D eigenvalue weighted by Crippen LogP contribution is 2.49. The lowest BCUT2D eigenvalue weighted by Gasteiger charge is -2.36. The van der Waals surface area contributed by atoms with E-state index in [9.17, 15) is 0 Å². The summed E-state index contributed by atoms with van der Waals surface area (Å²) in [5, 5.41) is 3.62. The Bertz CT molecular complexity index is 791. The van der Waals surface area contributed by atoms with E-state index in [1.165, 1.54) is 5.56 Å². The van der Waals surface area contributed by atoms with Crippen LogP contribution in [0.15, 0.2) is 30.3 Å². The highest BCUT2D eigenvalue weighted by atomic mass is 16.7. The first-order chi connectivity index (χ1) is 12.7. The molecule has 2 aromatic carbocycles. The normalized spacial score (nSPS) is 18.3. The quantitative estimate of drug-likeness (QED) is 0.886. The molecule has 4 rings (SSSR count). The van der Waals surface area contributed by atoms with Gasteiger partial charge in [-0.1, -0.05) is 0 Å². The summed E-state index contributed by atoms with van der Waals surface area (Å²) in [5.74, 6) is 3.09. The minimum atomic E-state index is -0.0128. The van der Waals surface area contributed by atoms with Gasteiger partial charge in [-0.2, -0.15) is 0 Å². The van der Waals surface area contributed by atoms with Crippen LogP contribution in [0.2, 0.25) is 0 Å². The fourth-order valence-corrected chi connectivity index (χ4v) is 3.59. The predicted octanol–water partition coefficient (Wildman–Crippen LogP) is 3.42. The molecule has 0 bridgehead atoms. The Morgan fingerprint density at radius 3 is 2.77 bits per heavy atom. The molecule has 138 valence electrons. The van der Waals surface area contributed by atoms with Gasteiger partial charge in [-0.25, -0.2) is 0 Å². The van der Waals surface area contributed by atoms with Gasteiger partial charge in [-0.3, -0.25) is 4.90 Å². The molecule has 1 N–H and O–H groups in total. The molecule has 2 aromatic rings. The highest BCUT2D eigenvalue weighted by Gasteiger charge is 2.33. The van der Waals surface area contributed by atoms with Crippen molar-refractivity contribution in [1.82, 2.24) is 4.90 Å². The molecule has 0 aromatic heterocycles. The molecule has 6 heteroatoms.